The van der Waals surface area contributed by atoms with E-state index in [-0.39, 0.29) is 17.6 Å². The van der Waals surface area contributed by atoms with Gasteiger partial charge in [0.1, 0.15) is 5.75 Å². The highest BCUT2D eigenvalue weighted by Gasteiger charge is 2.03. The van der Waals surface area contributed by atoms with E-state index in [1.54, 1.807) is 12.1 Å². The molecule has 0 bridgehead atoms. The number of hydrogen-bond donors (Lipinski definition) is 2. The summed E-state index contributed by atoms with van der Waals surface area (Å²) < 4.78 is 5.44. The first kappa shape index (κ1) is 47.0. The Bertz CT molecular complexity index is 825. The molecule has 1 aromatic carbocycles. The average Bonchev–Trinajstić information content (AvgIpc) is 3.09. The molecule has 0 heterocycles. The Balaban J connectivity index is 0.00000175. The Morgan fingerprint density at radius 3 is 1.12 bits per heavy atom. The van der Waals surface area contributed by atoms with Gasteiger partial charge in [0.15, 0.2) is 0 Å². The number of ether oxygens (including phenoxy) is 1. The number of carbonyl (C=O) groups is 2. The highest BCUT2D eigenvalue weighted by Crippen LogP contribution is 2.16. The summed E-state index contributed by atoms with van der Waals surface area (Å²) in [6.45, 7) is 6.65. The van der Waals surface area contributed by atoms with Crippen LogP contribution in [0, 0.1) is 0 Å². The molecule has 49 heavy (non-hydrogen) atoms. The minimum Gasteiger partial charge on any atom is -0.508 e. The first-order valence-electron chi connectivity index (χ1n) is 21.2. The van der Waals surface area contributed by atoms with Crippen LogP contribution >= 0.6 is 0 Å². The number of phenolic OH excluding ortho intramolecular Hbond substituents is 1. The third-order valence-corrected chi connectivity index (χ3v) is 9.43. The molecule has 0 aliphatic carbocycles. The van der Waals surface area contributed by atoms with Gasteiger partial charge in [-0.15, -0.1) is 0 Å². The molecule has 0 saturated carbocycles. The Morgan fingerprint density at radius 1 is 0.490 bits per heavy atom. The van der Waals surface area contributed by atoms with Crippen LogP contribution in [0.5, 0.6) is 5.75 Å². The fraction of sp³-hybridized carbons (Fsp3) is 0.818. The van der Waals surface area contributed by atoms with Crippen LogP contribution in [0.15, 0.2) is 24.3 Å². The van der Waals surface area contributed by atoms with E-state index in [2.05, 4.69) is 19.2 Å². The topological polar surface area (TPSA) is 75.6 Å². The molecule has 0 aliphatic heterocycles. The largest absolute Gasteiger partial charge is 0.508 e. The molecule has 5 nitrogen and oxygen atoms in total. The Morgan fingerprint density at radius 2 is 0.796 bits per heavy atom. The second-order valence-corrected chi connectivity index (χ2v) is 14.5. The van der Waals surface area contributed by atoms with Gasteiger partial charge in [-0.3, -0.25) is 9.59 Å². The van der Waals surface area contributed by atoms with Crippen molar-refractivity contribution in [1.29, 1.82) is 0 Å². The molecule has 286 valence electrons. The molecule has 5 heteroatoms. The zero-order chi connectivity index (χ0) is 35.9. The van der Waals surface area contributed by atoms with Crippen molar-refractivity contribution < 1.29 is 19.4 Å². The lowest BCUT2D eigenvalue weighted by Gasteiger charge is -2.06. The van der Waals surface area contributed by atoms with E-state index in [1.165, 1.54) is 205 Å². The molecule has 0 unspecified atom stereocenters. The van der Waals surface area contributed by atoms with E-state index < -0.39 is 0 Å². The van der Waals surface area contributed by atoms with E-state index in [0.717, 1.165) is 12.8 Å². The number of benzene rings is 1. The molecule has 1 amide bonds. The van der Waals surface area contributed by atoms with Crippen molar-refractivity contribution in [3.05, 3.63) is 24.3 Å². The number of nitrogens with one attached hydrogen (secondary N) is 1. The molecule has 0 fully saturated rings. The van der Waals surface area contributed by atoms with Crippen LogP contribution in [0.3, 0.4) is 0 Å². The average molecular weight is 688 g/mol. The molecule has 1 rings (SSSR count). The van der Waals surface area contributed by atoms with Gasteiger partial charge in [-0.2, -0.15) is 0 Å². The van der Waals surface area contributed by atoms with Crippen LogP contribution in [0.1, 0.15) is 226 Å². The van der Waals surface area contributed by atoms with Gasteiger partial charge < -0.3 is 15.2 Å². The number of carbonyl (C=O) groups excluding carboxylic acids is 2. The molecule has 0 radical (unpaired) electrons. The first-order chi connectivity index (χ1) is 24.0. The zero-order valence-corrected chi connectivity index (χ0v) is 32.8. The smallest absolute Gasteiger partial charge is 0.305 e. The Kier molecular flexibility index (Phi) is 37.1. The van der Waals surface area contributed by atoms with Gasteiger partial charge in [0, 0.05) is 19.0 Å². The summed E-state index contributed by atoms with van der Waals surface area (Å²) in [4.78, 5) is 22.4. The van der Waals surface area contributed by atoms with Gasteiger partial charge >= 0.3 is 5.97 Å². The quantitative estimate of drug-likeness (QED) is 0.0429. The summed E-state index contributed by atoms with van der Waals surface area (Å²) in [6, 6.07) is 6.31. The van der Waals surface area contributed by atoms with E-state index in [1.807, 2.05) is 0 Å². The molecule has 0 atom stereocenters. The molecule has 0 saturated heterocycles. The molecule has 1 aromatic rings. The van der Waals surface area contributed by atoms with E-state index >= 15 is 0 Å². The van der Waals surface area contributed by atoms with E-state index in [9.17, 15) is 9.59 Å². The van der Waals surface area contributed by atoms with Crippen LogP contribution in [0.2, 0.25) is 0 Å². The van der Waals surface area contributed by atoms with Crippen molar-refractivity contribution in [3.63, 3.8) is 0 Å². The summed E-state index contributed by atoms with van der Waals surface area (Å²) in [5.41, 5.74) is 0.690. The monoisotopic (exact) mass is 688 g/mol. The zero-order valence-electron chi connectivity index (χ0n) is 32.8. The third-order valence-electron chi connectivity index (χ3n) is 9.43. The Labute approximate surface area is 304 Å². The van der Waals surface area contributed by atoms with Crippen LogP contribution in [0.25, 0.3) is 0 Å². The number of anilines is 1. The summed E-state index contributed by atoms with van der Waals surface area (Å²) >= 11 is 0. The maximum Gasteiger partial charge on any atom is 0.305 e. The highest BCUT2D eigenvalue weighted by atomic mass is 16.5. The van der Waals surface area contributed by atoms with Gasteiger partial charge in [-0.1, -0.05) is 200 Å². The van der Waals surface area contributed by atoms with Crippen molar-refractivity contribution in [1.82, 2.24) is 0 Å². The van der Waals surface area contributed by atoms with Gasteiger partial charge in [0.25, 0.3) is 0 Å². The second-order valence-electron chi connectivity index (χ2n) is 14.5. The third kappa shape index (κ3) is 38.6. The van der Waals surface area contributed by atoms with Gasteiger partial charge in [0.05, 0.1) is 6.61 Å². The molecular formula is C44H81NO4. The van der Waals surface area contributed by atoms with Gasteiger partial charge in [-0.25, -0.2) is 0 Å². The summed E-state index contributed by atoms with van der Waals surface area (Å²) in [7, 11) is 0. The maximum absolute atomic E-state index is 11.9. The van der Waals surface area contributed by atoms with Crippen molar-refractivity contribution in [3.8, 4) is 5.75 Å². The molecular weight excluding hydrogens is 606 g/mol. The van der Waals surface area contributed by atoms with Crippen LogP contribution in [-0.2, 0) is 14.3 Å². The lowest BCUT2D eigenvalue weighted by Crippen LogP contribution is -2.05. The molecule has 0 aliphatic rings. The fourth-order valence-corrected chi connectivity index (χ4v) is 6.30. The number of esters is 1. The number of hydrogen-bond acceptors (Lipinski definition) is 4. The number of unbranched alkanes of at least 4 members (excludes halogenated alkanes) is 29. The summed E-state index contributed by atoms with van der Waals surface area (Å²) in [5.74, 6) is 0.107. The molecule has 2 N–H and O–H groups in total. The minimum absolute atomic E-state index is 0.0284. The number of amides is 1. The van der Waals surface area contributed by atoms with Gasteiger partial charge in [0.2, 0.25) is 5.91 Å². The predicted molar refractivity (Wildman–Crippen MR) is 212 cm³/mol. The van der Waals surface area contributed by atoms with Crippen molar-refractivity contribution >= 4 is 17.6 Å². The number of aromatic hydroxyl groups is 1. The van der Waals surface area contributed by atoms with Crippen molar-refractivity contribution in [2.45, 2.75) is 226 Å². The predicted octanol–water partition coefficient (Wildman–Crippen LogP) is 14.4. The van der Waals surface area contributed by atoms with E-state index in [4.69, 9.17) is 9.84 Å². The van der Waals surface area contributed by atoms with Crippen molar-refractivity contribution in [2.24, 2.45) is 0 Å². The SMILES string of the molecule is CC(=O)Nc1ccc(O)cc1.CCCCCCCCCCCCCCCCCCOC(=O)CCCCCCCCCCCCCCCCC. The lowest BCUT2D eigenvalue weighted by molar-refractivity contribution is -0.143. The van der Waals surface area contributed by atoms with Crippen LogP contribution in [-0.4, -0.2) is 23.6 Å². The van der Waals surface area contributed by atoms with Crippen LogP contribution < -0.4 is 5.32 Å². The Hall–Kier alpha value is -2.04. The minimum atomic E-state index is -0.115. The van der Waals surface area contributed by atoms with E-state index in [0.29, 0.717) is 18.7 Å². The van der Waals surface area contributed by atoms with Gasteiger partial charge in [-0.05, 0) is 37.1 Å². The summed E-state index contributed by atoms with van der Waals surface area (Å²) in [6.07, 6.45) is 43.1. The second kappa shape index (κ2) is 38.8. The summed E-state index contributed by atoms with van der Waals surface area (Å²) in [5, 5.41) is 11.5. The lowest BCUT2D eigenvalue weighted by atomic mass is 10.0. The highest BCUT2D eigenvalue weighted by molar-refractivity contribution is 5.88. The normalized spacial score (nSPS) is 10.8. The molecule has 0 spiro atoms. The number of phenols is 1. The molecule has 0 aromatic heterocycles. The van der Waals surface area contributed by atoms with Crippen molar-refractivity contribution in [2.75, 3.05) is 11.9 Å². The maximum atomic E-state index is 11.9. The standard InChI is InChI=1S/C36H72O2.C8H9NO2/c1-3-5-7-9-11-13-15-17-19-21-23-25-27-29-31-33-35-38-36(37)34-32-30-28-26-24-22-20-18-16-14-12-10-8-6-4-2;1-6(10)9-7-2-4-8(11)5-3-7/h3-35H2,1-2H3;2-5,11H,1H3,(H,9,10). The first-order valence-corrected chi connectivity index (χ1v) is 21.2. The number of rotatable bonds is 34. The van der Waals surface area contributed by atoms with Crippen LogP contribution in [0.4, 0.5) is 5.69 Å². The fourth-order valence-electron chi connectivity index (χ4n) is 6.30.